The predicted molar refractivity (Wildman–Crippen MR) is 90.4 cm³/mol. The first-order chi connectivity index (χ1) is 10.3. The molecule has 3 heteroatoms. The number of hydrogen-bond donors (Lipinski definition) is 1. The first-order valence-corrected chi connectivity index (χ1v) is 9.06. The van der Waals surface area contributed by atoms with Crippen LogP contribution >= 0.6 is 22.9 Å². The summed E-state index contributed by atoms with van der Waals surface area (Å²) < 4.78 is 0. The van der Waals surface area contributed by atoms with Crippen molar-refractivity contribution in [2.75, 3.05) is 0 Å². The molecule has 1 nitrogen and oxygen atoms in total. The molecule has 0 aliphatic heterocycles. The van der Waals surface area contributed by atoms with Gasteiger partial charge in [0.25, 0.3) is 0 Å². The van der Waals surface area contributed by atoms with Crippen LogP contribution in [0.3, 0.4) is 0 Å². The number of fused-ring (bicyclic) bond motifs is 1. The van der Waals surface area contributed by atoms with Crippen LogP contribution < -0.4 is 5.32 Å². The molecule has 1 fully saturated rings. The monoisotopic (exact) mass is 317 g/mol. The molecule has 1 aromatic heterocycles. The summed E-state index contributed by atoms with van der Waals surface area (Å²) in [5.74, 6) is 0.689. The molecule has 2 aliphatic carbocycles. The van der Waals surface area contributed by atoms with Crippen molar-refractivity contribution >= 4 is 22.9 Å². The summed E-state index contributed by atoms with van der Waals surface area (Å²) in [7, 11) is 0. The minimum absolute atomic E-state index is 0.672. The van der Waals surface area contributed by atoms with Gasteiger partial charge in [-0.05, 0) is 67.3 Å². The van der Waals surface area contributed by atoms with E-state index in [4.69, 9.17) is 11.6 Å². The van der Waals surface area contributed by atoms with E-state index in [1.54, 1.807) is 10.4 Å². The maximum atomic E-state index is 6.07. The molecular formula is C18H20ClNS. The van der Waals surface area contributed by atoms with Gasteiger partial charge in [0.2, 0.25) is 0 Å². The summed E-state index contributed by atoms with van der Waals surface area (Å²) in [5, 5.41) is 4.57. The normalized spacial score (nSPS) is 23.9. The zero-order valence-electron chi connectivity index (χ0n) is 12.1. The highest BCUT2D eigenvalue weighted by Crippen LogP contribution is 2.38. The Morgan fingerprint density at radius 3 is 2.90 bits per heavy atom. The summed E-state index contributed by atoms with van der Waals surface area (Å²) >= 11 is 8.09. The van der Waals surface area contributed by atoms with Crippen LogP contribution in [-0.2, 0) is 19.4 Å². The number of thiophene rings is 1. The van der Waals surface area contributed by atoms with E-state index in [1.165, 1.54) is 42.5 Å². The molecule has 1 heterocycles. The standard InChI is InChI=1S/C18H20ClNS/c19-15-5-1-3-12(7-15)14-8-16(9-14)20-11-17-10-13-4-2-6-18(13)21-17/h1,3,5,7,10,14,16,20H,2,4,6,8-9,11H2. The lowest BCUT2D eigenvalue weighted by molar-refractivity contribution is 0.290. The van der Waals surface area contributed by atoms with Gasteiger partial charge in [-0.2, -0.15) is 0 Å². The van der Waals surface area contributed by atoms with Gasteiger partial charge in [0.05, 0.1) is 0 Å². The Hall–Kier alpha value is -0.830. The highest BCUT2D eigenvalue weighted by molar-refractivity contribution is 7.12. The highest BCUT2D eigenvalue weighted by atomic mass is 35.5. The Kier molecular flexibility index (Phi) is 3.78. The molecule has 110 valence electrons. The molecule has 0 amide bonds. The largest absolute Gasteiger partial charge is 0.309 e. The Morgan fingerprint density at radius 2 is 2.10 bits per heavy atom. The van der Waals surface area contributed by atoms with Gasteiger partial charge in [-0.15, -0.1) is 11.3 Å². The highest BCUT2D eigenvalue weighted by Gasteiger charge is 2.30. The fourth-order valence-electron chi connectivity index (χ4n) is 3.54. The molecule has 1 saturated carbocycles. The van der Waals surface area contributed by atoms with Gasteiger partial charge in [0, 0.05) is 27.4 Å². The van der Waals surface area contributed by atoms with Crippen molar-refractivity contribution in [2.45, 2.75) is 50.6 Å². The van der Waals surface area contributed by atoms with Crippen molar-refractivity contribution in [3.05, 3.63) is 56.2 Å². The van der Waals surface area contributed by atoms with E-state index >= 15 is 0 Å². The Balaban J connectivity index is 1.28. The van der Waals surface area contributed by atoms with Gasteiger partial charge >= 0.3 is 0 Å². The van der Waals surface area contributed by atoms with Crippen molar-refractivity contribution in [1.29, 1.82) is 0 Å². The van der Waals surface area contributed by atoms with Crippen LogP contribution in [0, 0.1) is 0 Å². The third kappa shape index (κ3) is 2.90. The number of rotatable bonds is 4. The van der Waals surface area contributed by atoms with Gasteiger partial charge in [-0.3, -0.25) is 0 Å². The number of nitrogens with one attached hydrogen (secondary N) is 1. The second kappa shape index (κ2) is 5.75. The third-order valence-electron chi connectivity index (χ3n) is 4.82. The number of hydrogen-bond acceptors (Lipinski definition) is 2. The minimum atomic E-state index is 0.672. The van der Waals surface area contributed by atoms with Crippen LogP contribution in [0.2, 0.25) is 5.02 Å². The summed E-state index contributed by atoms with van der Waals surface area (Å²) in [6.45, 7) is 1.05. The van der Waals surface area contributed by atoms with Gasteiger partial charge < -0.3 is 5.32 Å². The molecular weight excluding hydrogens is 298 g/mol. The van der Waals surface area contributed by atoms with E-state index in [-0.39, 0.29) is 0 Å². The van der Waals surface area contributed by atoms with Crippen molar-refractivity contribution in [1.82, 2.24) is 5.32 Å². The Bertz CT molecular complexity index is 621. The van der Waals surface area contributed by atoms with E-state index in [0.717, 1.165) is 11.6 Å². The van der Waals surface area contributed by atoms with Crippen LogP contribution in [0.5, 0.6) is 0 Å². The fourth-order valence-corrected chi connectivity index (χ4v) is 4.95. The lowest BCUT2D eigenvalue weighted by Gasteiger charge is -2.36. The van der Waals surface area contributed by atoms with Crippen LogP contribution in [0.25, 0.3) is 0 Å². The smallest absolute Gasteiger partial charge is 0.0408 e. The molecule has 0 atom stereocenters. The molecule has 0 spiro atoms. The quantitative estimate of drug-likeness (QED) is 0.843. The van der Waals surface area contributed by atoms with Crippen LogP contribution in [-0.4, -0.2) is 6.04 Å². The molecule has 1 N–H and O–H groups in total. The average molecular weight is 318 g/mol. The average Bonchev–Trinajstić information content (AvgIpc) is 2.97. The van der Waals surface area contributed by atoms with Crippen LogP contribution in [0.1, 0.15) is 46.1 Å². The zero-order chi connectivity index (χ0) is 14.2. The fraction of sp³-hybridized carbons (Fsp3) is 0.444. The van der Waals surface area contributed by atoms with E-state index in [2.05, 4.69) is 29.6 Å². The first kappa shape index (κ1) is 13.8. The number of aryl methyl sites for hydroxylation is 2. The second-order valence-electron chi connectivity index (χ2n) is 6.32. The maximum absolute atomic E-state index is 6.07. The van der Waals surface area contributed by atoms with E-state index in [1.807, 2.05) is 17.4 Å². The van der Waals surface area contributed by atoms with E-state index in [0.29, 0.717) is 12.0 Å². The molecule has 2 aliphatic rings. The molecule has 4 rings (SSSR count). The Morgan fingerprint density at radius 1 is 1.19 bits per heavy atom. The lowest BCUT2D eigenvalue weighted by atomic mass is 9.76. The van der Waals surface area contributed by atoms with Gasteiger partial charge in [0.1, 0.15) is 0 Å². The molecule has 0 unspecified atom stereocenters. The summed E-state index contributed by atoms with van der Waals surface area (Å²) in [6.07, 6.45) is 6.45. The second-order valence-corrected chi connectivity index (χ2v) is 7.97. The first-order valence-electron chi connectivity index (χ1n) is 7.87. The molecule has 2 aromatic rings. The van der Waals surface area contributed by atoms with E-state index < -0.39 is 0 Å². The SMILES string of the molecule is Clc1cccc(C2CC(NCc3cc4c(s3)CCC4)C2)c1. The van der Waals surface area contributed by atoms with E-state index in [9.17, 15) is 0 Å². The van der Waals surface area contributed by atoms with Crippen molar-refractivity contribution < 1.29 is 0 Å². The topological polar surface area (TPSA) is 12.0 Å². The van der Waals surface area contributed by atoms with Crippen molar-refractivity contribution in [3.63, 3.8) is 0 Å². The molecule has 21 heavy (non-hydrogen) atoms. The van der Waals surface area contributed by atoms with Gasteiger partial charge in [-0.25, -0.2) is 0 Å². The Labute approximate surface area is 135 Å². The van der Waals surface area contributed by atoms with Crippen molar-refractivity contribution in [2.24, 2.45) is 0 Å². The van der Waals surface area contributed by atoms with Gasteiger partial charge in [0.15, 0.2) is 0 Å². The molecule has 0 radical (unpaired) electrons. The molecule has 0 saturated heterocycles. The lowest BCUT2D eigenvalue weighted by Crippen LogP contribution is -2.39. The van der Waals surface area contributed by atoms with Crippen LogP contribution in [0.4, 0.5) is 0 Å². The summed E-state index contributed by atoms with van der Waals surface area (Å²) in [5.41, 5.74) is 3.01. The predicted octanol–water partition coefficient (Wildman–Crippen LogP) is 4.93. The number of benzene rings is 1. The minimum Gasteiger partial charge on any atom is -0.309 e. The summed E-state index contributed by atoms with van der Waals surface area (Å²) in [4.78, 5) is 3.16. The van der Waals surface area contributed by atoms with Crippen LogP contribution in [0.15, 0.2) is 30.3 Å². The van der Waals surface area contributed by atoms with Crippen molar-refractivity contribution in [3.8, 4) is 0 Å². The summed E-state index contributed by atoms with van der Waals surface area (Å²) in [6, 6.07) is 11.4. The van der Waals surface area contributed by atoms with Gasteiger partial charge in [-0.1, -0.05) is 23.7 Å². The number of halogens is 1. The molecule has 0 bridgehead atoms. The molecule has 1 aromatic carbocycles. The maximum Gasteiger partial charge on any atom is 0.0408 e. The third-order valence-corrected chi connectivity index (χ3v) is 6.29. The zero-order valence-corrected chi connectivity index (χ0v) is 13.6.